The van der Waals surface area contributed by atoms with Crippen molar-refractivity contribution in [3.05, 3.63) is 119 Å². The first kappa shape index (κ1) is 25.8. The number of nitrogens with zero attached hydrogens (tertiary/aromatic N) is 3. The first-order valence-corrected chi connectivity index (χ1v) is 12.1. The summed E-state index contributed by atoms with van der Waals surface area (Å²) >= 11 is 5.68. The van der Waals surface area contributed by atoms with Crippen molar-refractivity contribution < 1.29 is 18.0 Å². The number of carbonyl (C=O) groups is 1. The number of hydrogen-bond donors (Lipinski definition) is 1. The summed E-state index contributed by atoms with van der Waals surface area (Å²) in [5.41, 5.74) is 1.02. The number of rotatable bonds is 5. The van der Waals surface area contributed by atoms with Crippen LogP contribution in [0.1, 0.15) is 11.1 Å². The van der Waals surface area contributed by atoms with Gasteiger partial charge in [-0.15, -0.1) is 0 Å². The van der Waals surface area contributed by atoms with Gasteiger partial charge in [-0.3, -0.25) is 4.79 Å². The lowest BCUT2D eigenvalue weighted by molar-refractivity contribution is -0.137. The number of anilines is 1. The van der Waals surface area contributed by atoms with E-state index in [0.29, 0.717) is 11.3 Å². The standard InChI is InChI=1S/C30H18ClF3N4O/c31-27-14-13-22(16-26(27)30(32,33)34)36-29(39)20(17-35)15-21-18-38(23-9-2-1-3-10-23)37-28(21)25-12-6-8-19-7-4-5-11-24(19)25/h1-16,18H,(H,36,39). The van der Waals surface area contributed by atoms with Gasteiger partial charge in [0.05, 0.1) is 16.3 Å². The fraction of sp³-hybridized carbons (Fsp3) is 0.0333. The molecule has 0 spiro atoms. The number of amides is 1. The van der Waals surface area contributed by atoms with Gasteiger partial charge < -0.3 is 5.32 Å². The lowest BCUT2D eigenvalue weighted by Crippen LogP contribution is -2.14. The number of hydrogen-bond acceptors (Lipinski definition) is 3. The van der Waals surface area contributed by atoms with E-state index in [1.165, 1.54) is 12.1 Å². The molecule has 1 N–H and O–H groups in total. The Hall–Kier alpha value is -4.87. The summed E-state index contributed by atoms with van der Waals surface area (Å²) in [6.45, 7) is 0. The van der Waals surface area contributed by atoms with Crippen LogP contribution in [0.2, 0.25) is 5.02 Å². The average molecular weight is 543 g/mol. The van der Waals surface area contributed by atoms with Crippen molar-refractivity contribution in [2.75, 3.05) is 5.32 Å². The predicted molar refractivity (Wildman–Crippen MR) is 145 cm³/mol. The predicted octanol–water partition coefficient (Wildman–Crippen LogP) is 7.91. The summed E-state index contributed by atoms with van der Waals surface area (Å²) in [5, 5.41) is 18.4. The molecule has 0 atom stereocenters. The molecule has 0 saturated carbocycles. The molecule has 0 bridgehead atoms. The van der Waals surface area contributed by atoms with E-state index in [-0.39, 0.29) is 11.3 Å². The number of aromatic nitrogens is 2. The van der Waals surface area contributed by atoms with Crippen LogP contribution in [-0.4, -0.2) is 15.7 Å². The zero-order chi connectivity index (χ0) is 27.6. The van der Waals surface area contributed by atoms with Gasteiger partial charge in [0, 0.05) is 23.0 Å². The maximum Gasteiger partial charge on any atom is 0.417 e. The monoisotopic (exact) mass is 542 g/mol. The highest BCUT2D eigenvalue weighted by atomic mass is 35.5. The zero-order valence-corrected chi connectivity index (χ0v) is 20.8. The van der Waals surface area contributed by atoms with E-state index in [2.05, 4.69) is 5.32 Å². The smallest absolute Gasteiger partial charge is 0.321 e. The first-order valence-electron chi connectivity index (χ1n) is 11.7. The molecule has 0 radical (unpaired) electrons. The highest BCUT2D eigenvalue weighted by Crippen LogP contribution is 2.36. The summed E-state index contributed by atoms with van der Waals surface area (Å²) in [4.78, 5) is 13.0. The molecule has 4 aromatic carbocycles. The molecule has 0 aliphatic heterocycles. The SMILES string of the molecule is N#CC(=Cc1cn(-c2ccccc2)nc1-c1cccc2ccccc12)C(=O)Nc1ccc(Cl)c(C(F)(F)F)c1. The van der Waals surface area contributed by atoms with Crippen molar-refractivity contribution in [3.8, 4) is 23.0 Å². The van der Waals surface area contributed by atoms with Crippen LogP contribution in [0, 0.1) is 11.3 Å². The fourth-order valence-electron chi connectivity index (χ4n) is 4.17. The molecular formula is C30H18ClF3N4O. The van der Waals surface area contributed by atoms with Gasteiger partial charge in [0.15, 0.2) is 0 Å². The molecule has 1 amide bonds. The Morgan fingerprint density at radius 2 is 1.69 bits per heavy atom. The van der Waals surface area contributed by atoms with Gasteiger partial charge >= 0.3 is 6.18 Å². The number of fused-ring (bicyclic) bond motifs is 1. The number of benzene rings is 4. The third-order valence-electron chi connectivity index (χ3n) is 6.00. The number of halogens is 4. The Morgan fingerprint density at radius 3 is 2.44 bits per heavy atom. The number of para-hydroxylation sites is 1. The molecule has 1 aromatic heterocycles. The molecule has 5 rings (SSSR count). The van der Waals surface area contributed by atoms with Crippen LogP contribution in [-0.2, 0) is 11.0 Å². The first-order chi connectivity index (χ1) is 18.7. The molecular weight excluding hydrogens is 525 g/mol. The topological polar surface area (TPSA) is 70.7 Å². The van der Waals surface area contributed by atoms with Gasteiger partial charge in [0.2, 0.25) is 0 Å². The Labute approximate surface area is 226 Å². The van der Waals surface area contributed by atoms with E-state index in [9.17, 15) is 23.2 Å². The van der Waals surface area contributed by atoms with Crippen molar-refractivity contribution in [1.29, 1.82) is 5.26 Å². The minimum Gasteiger partial charge on any atom is -0.321 e. The summed E-state index contributed by atoms with van der Waals surface area (Å²) in [6.07, 6.45) is -1.63. The lowest BCUT2D eigenvalue weighted by atomic mass is 9.99. The van der Waals surface area contributed by atoms with Gasteiger partial charge in [-0.25, -0.2) is 4.68 Å². The molecule has 9 heteroatoms. The summed E-state index contributed by atoms with van der Waals surface area (Å²) < 4.78 is 41.4. The normalized spacial score (nSPS) is 11.8. The van der Waals surface area contributed by atoms with Crippen LogP contribution >= 0.6 is 11.6 Å². The third-order valence-corrected chi connectivity index (χ3v) is 6.33. The van der Waals surface area contributed by atoms with Gasteiger partial charge in [-0.05, 0) is 47.2 Å². The second kappa shape index (κ2) is 10.5. The van der Waals surface area contributed by atoms with E-state index in [0.717, 1.165) is 34.2 Å². The average Bonchev–Trinajstić information content (AvgIpc) is 3.36. The van der Waals surface area contributed by atoms with E-state index in [1.54, 1.807) is 10.9 Å². The molecule has 0 aliphatic carbocycles. The number of carbonyl (C=O) groups excluding carboxylic acids is 1. The highest BCUT2D eigenvalue weighted by Gasteiger charge is 2.33. The molecule has 0 saturated heterocycles. The molecule has 5 nitrogen and oxygen atoms in total. The van der Waals surface area contributed by atoms with E-state index in [1.807, 2.05) is 78.9 Å². The Bertz CT molecular complexity index is 1760. The summed E-state index contributed by atoms with van der Waals surface area (Å²) in [7, 11) is 0. The van der Waals surface area contributed by atoms with Gasteiger partial charge in [-0.2, -0.15) is 23.5 Å². The Balaban J connectivity index is 1.59. The summed E-state index contributed by atoms with van der Waals surface area (Å²) in [5.74, 6) is -0.871. The number of alkyl halides is 3. The number of nitriles is 1. The molecule has 39 heavy (non-hydrogen) atoms. The Morgan fingerprint density at radius 1 is 0.974 bits per heavy atom. The van der Waals surface area contributed by atoms with Crippen LogP contribution < -0.4 is 5.32 Å². The molecule has 0 aliphatic rings. The lowest BCUT2D eigenvalue weighted by Gasteiger charge is -2.11. The van der Waals surface area contributed by atoms with E-state index in [4.69, 9.17) is 16.7 Å². The maximum atomic E-state index is 13.3. The highest BCUT2D eigenvalue weighted by molar-refractivity contribution is 6.31. The van der Waals surface area contributed by atoms with Gasteiger partial charge in [0.1, 0.15) is 17.3 Å². The van der Waals surface area contributed by atoms with E-state index >= 15 is 0 Å². The van der Waals surface area contributed by atoms with Crippen LogP contribution in [0.15, 0.2) is 103 Å². The van der Waals surface area contributed by atoms with Crippen molar-refractivity contribution >= 4 is 40.0 Å². The van der Waals surface area contributed by atoms with Gasteiger partial charge in [0.25, 0.3) is 5.91 Å². The zero-order valence-electron chi connectivity index (χ0n) is 20.1. The second-order valence-electron chi connectivity index (χ2n) is 8.56. The fourth-order valence-corrected chi connectivity index (χ4v) is 4.39. The van der Waals surface area contributed by atoms with Gasteiger partial charge in [-0.1, -0.05) is 72.3 Å². The molecule has 5 aromatic rings. The summed E-state index contributed by atoms with van der Waals surface area (Å²) in [6, 6.07) is 27.7. The van der Waals surface area contributed by atoms with Crippen molar-refractivity contribution in [2.45, 2.75) is 6.18 Å². The molecule has 1 heterocycles. The molecule has 0 fully saturated rings. The van der Waals surface area contributed by atoms with Crippen molar-refractivity contribution in [3.63, 3.8) is 0 Å². The van der Waals surface area contributed by atoms with Crippen molar-refractivity contribution in [2.24, 2.45) is 0 Å². The van der Waals surface area contributed by atoms with Crippen LogP contribution in [0.5, 0.6) is 0 Å². The van der Waals surface area contributed by atoms with Crippen LogP contribution in [0.3, 0.4) is 0 Å². The maximum absolute atomic E-state index is 13.3. The quantitative estimate of drug-likeness (QED) is 0.181. The molecule has 0 unspecified atom stereocenters. The Kier molecular flexibility index (Phi) is 6.92. The van der Waals surface area contributed by atoms with Crippen LogP contribution in [0.4, 0.5) is 18.9 Å². The second-order valence-corrected chi connectivity index (χ2v) is 8.96. The number of nitrogens with one attached hydrogen (secondary N) is 1. The van der Waals surface area contributed by atoms with Crippen molar-refractivity contribution in [1.82, 2.24) is 9.78 Å². The minimum atomic E-state index is -4.70. The van der Waals surface area contributed by atoms with E-state index < -0.39 is 22.7 Å². The minimum absolute atomic E-state index is 0.146. The van der Waals surface area contributed by atoms with Crippen LogP contribution in [0.25, 0.3) is 33.8 Å². The largest absolute Gasteiger partial charge is 0.417 e. The third kappa shape index (κ3) is 5.40. The molecule has 192 valence electrons.